The second kappa shape index (κ2) is 13.0. The Bertz CT molecular complexity index is 486. The van der Waals surface area contributed by atoms with E-state index in [1.54, 1.807) is 6.92 Å². The number of ether oxygens (including phenoxy) is 1. The van der Waals surface area contributed by atoms with Gasteiger partial charge in [0.05, 0.1) is 12.6 Å². The Morgan fingerprint density at radius 1 is 1.04 bits per heavy atom. The highest BCUT2D eigenvalue weighted by Crippen LogP contribution is 2.01. The molecule has 26 heavy (non-hydrogen) atoms. The summed E-state index contributed by atoms with van der Waals surface area (Å²) in [6.45, 7) is 2.07. The molecule has 0 saturated carbocycles. The SMILES string of the molecule is CCOC(=O)NC(=O)[C@H](CCCNC(N)N)NC(=O)[C@@H](N)CCC(N)=O. The molecule has 0 bridgehead atoms. The Kier molecular flexibility index (Phi) is 11.9. The van der Waals surface area contributed by atoms with Gasteiger partial charge in [-0.1, -0.05) is 0 Å². The monoisotopic (exact) mass is 375 g/mol. The maximum absolute atomic E-state index is 12.2. The molecule has 2 atom stereocenters. The average molecular weight is 375 g/mol. The Balaban J connectivity index is 4.73. The largest absolute Gasteiger partial charge is 0.450 e. The molecule has 0 fully saturated rings. The summed E-state index contributed by atoms with van der Waals surface area (Å²) in [4.78, 5) is 46.4. The van der Waals surface area contributed by atoms with E-state index in [9.17, 15) is 19.2 Å². The first-order chi connectivity index (χ1) is 12.2. The number of amides is 4. The molecular weight excluding hydrogens is 346 g/mol. The average Bonchev–Trinajstić information content (AvgIpc) is 2.54. The molecule has 0 aromatic heterocycles. The molecule has 0 heterocycles. The Morgan fingerprint density at radius 3 is 2.23 bits per heavy atom. The third kappa shape index (κ3) is 11.3. The van der Waals surface area contributed by atoms with E-state index in [1.807, 2.05) is 5.32 Å². The molecule has 0 aromatic rings. The highest BCUT2D eigenvalue weighted by Gasteiger charge is 2.25. The van der Waals surface area contributed by atoms with Gasteiger partial charge in [0.2, 0.25) is 11.8 Å². The zero-order chi connectivity index (χ0) is 20.1. The van der Waals surface area contributed by atoms with Crippen LogP contribution in [0.4, 0.5) is 4.79 Å². The van der Waals surface area contributed by atoms with Gasteiger partial charge in [-0.3, -0.25) is 25.0 Å². The smallest absolute Gasteiger partial charge is 0.413 e. The van der Waals surface area contributed by atoms with Gasteiger partial charge in [0.25, 0.3) is 5.91 Å². The summed E-state index contributed by atoms with van der Waals surface area (Å²) in [6.07, 6.45) is -1.03. The Hall–Kier alpha value is -2.28. The first-order valence-electron chi connectivity index (χ1n) is 8.23. The van der Waals surface area contributed by atoms with Crippen LogP contribution >= 0.6 is 0 Å². The fourth-order valence-corrected chi connectivity index (χ4v) is 1.91. The fourth-order valence-electron chi connectivity index (χ4n) is 1.91. The summed E-state index contributed by atoms with van der Waals surface area (Å²) in [5.74, 6) is -1.97. The fraction of sp³-hybridized carbons (Fsp3) is 0.714. The molecule has 0 saturated heterocycles. The second-order valence-corrected chi connectivity index (χ2v) is 5.50. The molecule has 0 radical (unpaired) electrons. The first kappa shape index (κ1) is 23.7. The van der Waals surface area contributed by atoms with E-state index in [-0.39, 0.29) is 25.9 Å². The maximum Gasteiger partial charge on any atom is 0.413 e. The summed E-state index contributed by atoms with van der Waals surface area (Å²) in [7, 11) is 0. The van der Waals surface area contributed by atoms with Crippen LogP contribution in [0, 0.1) is 0 Å². The Morgan fingerprint density at radius 2 is 1.69 bits per heavy atom. The normalized spacial score (nSPS) is 13.0. The van der Waals surface area contributed by atoms with E-state index in [2.05, 4.69) is 15.4 Å². The summed E-state index contributed by atoms with van der Waals surface area (Å²) in [5, 5.41) is 7.23. The van der Waals surface area contributed by atoms with E-state index in [4.69, 9.17) is 22.9 Å². The lowest BCUT2D eigenvalue weighted by Crippen LogP contribution is -2.53. The van der Waals surface area contributed by atoms with Gasteiger partial charge in [-0.2, -0.15) is 0 Å². The number of primary amides is 1. The van der Waals surface area contributed by atoms with Crippen molar-refractivity contribution in [2.45, 2.75) is 51.0 Å². The quantitative estimate of drug-likeness (QED) is 0.135. The van der Waals surface area contributed by atoms with Gasteiger partial charge in [0, 0.05) is 6.42 Å². The highest BCUT2D eigenvalue weighted by molar-refractivity contribution is 5.97. The molecule has 150 valence electrons. The molecule has 12 heteroatoms. The minimum Gasteiger partial charge on any atom is -0.450 e. The van der Waals surface area contributed by atoms with Gasteiger partial charge in [0.1, 0.15) is 12.3 Å². The molecule has 11 N–H and O–H groups in total. The maximum atomic E-state index is 12.2. The second-order valence-electron chi connectivity index (χ2n) is 5.50. The number of hydrogen-bond donors (Lipinski definition) is 7. The Labute approximate surface area is 151 Å². The predicted octanol–water partition coefficient (Wildman–Crippen LogP) is -3.09. The molecule has 0 aliphatic heterocycles. The van der Waals surface area contributed by atoms with Gasteiger partial charge in [-0.25, -0.2) is 4.79 Å². The van der Waals surface area contributed by atoms with E-state index in [0.29, 0.717) is 13.0 Å². The van der Waals surface area contributed by atoms with Gasteiger partial charge in [-0.15, -0.1) is 0 Å². The zero-order valence-corrected chi connectivity index (χ0v) is 14.8. The van der Waals surface area contributed by atoms with E-state index in [0.717, 1.165) is 0 Å². The standard InChI is InChI=1S/C14H29N7O5/c1-2-26-14(25)21-12(24)9(4-3-7-19-13(17)18)20-11(23)8(15)5-6-10(16)22/h8-9,13,19H,2-7,15,17-18H2,1H3,(H2,16,22)(H,20,23)(H,21,24,25)/t8-,9-/m0/s1. The summed E-state index contributed by atoms with van der Waals surface area (Å²) < 4.78 is 4.63. The number of imide groups is 1. The minimum atomic E-state index is -1.03. The van der Waals surface area contributed by atoms with E-state index in [1.165, 1.54) is 0 Å². The molecule has 0 unspecified atom stereocenters. The number of rotatable bonds is 12. The zero-order valence-electron chi connectivity index (χ0n) is 14.8. The molecule has 0 rings (SSSR count). The van der Waals surface area contributed by atoms with Crippen molar-refractivity contribution in [3.05, 3.63) is 0 Å². The molecule has 0 aromatic carbocycles. The van der Waals surface area contributed by atoms with Crippen LogP contribution in [0.1, 0.15) is 32.6 Å². The van der Waals surface area contributed by atoms with Crippen LogP contribution < -0.4 is 38.9 Å². The van der Waals surface area contributed by atoms with Crippen molar-refractivity contribution in [3.63, 3.8) is 0 Å². The molecule has 0 spiro atoms. The number of nitrogens with two attached hydrogens (primary N) is 4. The van der Waals surface area contributed by atoms with Crippen molar-refractivity contribution >= 4 is 23.8 Å². The molecule has 12 nitrogen and oxygen atoms in total. The van der Waals surface area contributed by atoms with Crippen LogP contribution in [0.5, 0.6) is 0 Å². The lowest BCUT2D eigenvalue weighted by molar-refractivity contribution is -0.129. The first-order valence-corrected chi connectivity index (χ1v) is 8.23. The molecule has 0 aliphatic carbocycles. The van der Waals surface area contributed by atoms with Crippen LogP contribution in [0.15, 0.2) is 0 Å². The van der Waals surface area contributed by atoms with Crippen LogP contribution in [0.2, 0.25) is 0 Å². The minimum absolute atomic E-state index is 0.0387. The van der Waals surface area contributed by atoms with Crippen molar-refractivity contribution in [3.8, 4) is 0 Å². The summed E-state index contributed by atoms with van der Waals surface area (Å²) in [5.41, 5.74) is 21.4. The number of alkyl carbamates (subject to hydrolysis) is 1. The van der Waals surface area contributed by atoms with Crippen LogP contribution in [0.3, 0.4) is 0 Å². The lowest BCUT2D eigenvalue weighted by Gasteiger charge is -2.20. The van der Waals surface area contributed by atoms with Crippen molar-refractivity contribution < 1.29 is 23.9 Å². The highest BCUT2D eigenvalue weighted by atomic mass is 16.5. The molecule has 0 aliphatic rings. The predicted molar refractivity (Wildman–Crippen MR) is 92.9 cm³/mol. The van der Waals surface area contributed by atoms with Crippen molar-refractivity contribution in [2.24, 2.45) is 22.9 Å². The van der Waals surface area contributed by atoms with Crippen molar-refractivity contribution in [1.82, 2.24) is 16.0 Å². The van der Waals surface area contributed by atoms with Crippen molar-refractivity contribution in [2.75, 3.05) is 13.2 Å². The van der Waals surface area contributed by atoms with Crippen molar-refractivity contribution in [1.29, 1.82) is 0 Å². The van der Waals surface area contributed by atoms with Gasteiger partial charge in [0.15, 0.2) is 0 Å². The summed E-state index contributed by atoms with van der Waals surface area (Å²) >= 11 is 0. The van der Waals surface area contributed by atoms with Crippen LogP contribution in [-0.2, 0) is 19.1 Å². The van der Waals surface area contributed by atoms with E-state index < -0.39 is 42.2 Å². The number of carbonyl (C=O) groups excluding carboxylic acids is 4. The van der Waals surface area contributed by atoms with Gasteiger partial charge in [-0.05, 0) is 32.7 Å². The summed E-state index contributed by atoms with van der Waals surface area (Å²) in [6, 6.07) is -2.04. The van der Waals surface area contributed by atoms with Gasteiger partial charge >= 0.3 is 6.09 Å². The van der Waals surface area contributed by atoms with E-state index >= 15 is 0 Å². The third-order valence-corrected chi connectivity index (χ3v) is 3.22. The van der Waals surface area contributed by atoms with Gasteiger partial charge < -0.3 is 33.0 Å². The number of nitrogens with one attached hydrogen (secondary N) is 3. The number of hydrogen-bond acceptors (Lipinski definition) is 9. The molecular formula is C14H29N7O5. The van der Waals surface area contributed by atoms with Crippen LogP contribution in [0.25, 0.3) is 0 Å². The molecule has 4 amide bonds. The number of carbonyl (C=O) groups is 4. The van der Waals surface area contributed by atoms with Crippen LogP contribution in [-0.4, -0.2) is 55.3 Å². The third-order valence-electron chi connectivity index (χ3n) is 3.22. The topological polar surface area (TPSA) is 218 Å². The lowest BCUT2D eigenvalue weighted by atomic mass is 10.1.